The van der Waals surface area contributed by atoms with Gasteiger partial charge in [-0.05, 0) is 26.3 Å². The molecule has 0 atom stereocenters. The summed E-state index contributed by atoms with van der Waals surface area (Å²) in [5.74, 6) is -0.183. The lowest BCUT2D eigenvalue weighted by Gasteiger charge is -2.03. The fourth-order valence-electron chi connectivity index (χ4n) is 1.46. The molecule has 0 fully saturated rings. The van der Waals surface area contributed by atoms with Crippen molar-refractivity contribution in [2.75, 3.05) is 0 Å². The van der Waals surface area contributed by atoms with Crippen LogP contribution in [-0.4, -0.2) is 9.78 Å². The molecular formula is C11H13FN2S. The van der Waals surface area contributed by atoms with Gasteiger partial charge in [-0.1, -0.05) is 0 Å². The van der Waals surface area contributed by atoms with Gasteiger partial charge in [0.2, 0.25) is 0 Å². The Bertz CT molecular complexity index is 471. The Labute approximate surface area is 92.4 Å². The predicted octanol–water partition coefficient (Wildman–Crippen LogP) is 3.64. The Morgan fingerprint density at radius 2 is 2.13 bits per heavy atom. The van der Waals surface area contributed by atoms with Crippen LogP contribution in [0.4, 0.5) is 4.39 Å². The summed E-state index contributed by atoms with van der Waals surface area (Å²) in [7, 11) is 0. The molecule has 4 heteroatoms. The highest BCUT2D eigenvalue weighted by atomic mass is 32.1. The lowest BCUT2D eigenvalue weighted by atomic mass is 10.2. The Kier molecular flexibility index (Phi) is 2.61. The van der Waals surface area contributed by atoms with Crippen LogP contribution in [-0.2, 0) is 0 Å². The van der Waals surface area contributed by atoms with Gasteiger partial charge in [-0.3, -0.25) is 4.68 Å². The van der Waals surface area contributed by atoms with Crippen molar-refractivity contribution in [3.63, 3.8) is 0 Å². The van der Waals surface area contributed by atoms with E-state index in [4.69, 9.17) is 0 Å². The molecule has 2 nitrogen and oxygen atoms in total. The fourth-order valence-corrected chi connectivity index (χ4v) is 2.14. The molecule has 2 aromatic heterocycles. The maximum atomic E-state index is 13.4. The third-order valence-electron chi connectivity index (χ3n) is 2.31. The van der Waals surface area contributed by atoms with Crippen molar-refractivity contribution in [1.29, 1.82) is 0 Å². The molecule has 0 spiro atoms. The zero-order chi connectivity index (χ0) is 11.0. The average molecular weight is 224 g/mol. The van der Waals surface area contributed by atoms with Crippen molar-refractivity contribution in [3.05, 3.63) is 28.3 Å². The highest BCUT2D eigenvalue weighted by molar-refractivity contribution is 7.08. The molecule has 0 aliphatic carbocycles. The number of aromatic nitrogens is 2. The summed E-state index contributed by atoms with van der Waals surface area (Å²) in [5.41, 5.74) is 2.38. The van der Waals surface area contributed by atoms with Crippen LogP contribution in [0.1, 0.15) is 25.5 Å². The zero-order valence-electron chi connectivity index (χ0n) is 8.99. The summed E-state index contributed by atoms with van der Waals surface area (Å²) >= 11 is 1.36. The topological polar surface area (TPSA) is 17.8 Å². The van der Waals surface area contributed by atoms with E-state index in [1.165, 1.54) is 16.7 Å². The van der Waals surface area contributed by atoms with Gasteiger partial charge in [0.15, 0.2) is 0 Å². The van der Waals surface area contributed by atoms with E-state index in [1.54, 1.807) is 5.38 Å². The van der Waals surface area contributed by atoms with Crippen LogP contribution >= 0.6 is 11.3 Å². The number of thiophene rings is 1. The number of hydrogen-bond acceptors (Lipinski definition) is 2. The molecule has 0 amide bonds. The molecule has 2 heterocycles. The van der Waals surface area contributed by atoms with Crippen molar-refractivity contribution < 1.29 is 4.39 Å². The van der Waals surface area contributed by atoms with Crippen molar-refractivity contribution in [2.24, 2.45) is 0 Å². The molecule has 0 aromatic carbocycles. The molecule has 0 saturated heterocycles. The van der Waals surface area contributed by atoms with E-state index in [-0.39, 0.29) is 5.82 Å². The first-order chi connectivity index (χ1) is 7.09. The summed E-state index contributed by atoms with van der Waals surface area (Å²) in [4.78, 5) is 0. The Morgan fingerprint density at radius 1 is 1.40 bits per heavy atom. The normalized spacial score (nSPS) is 11.3. The van der Waals surface area contributed by atoms with Gasteiger partial charge in [0.1, 0.15) is 5.82 Å². The molecule has 0 saturated carbocycles. The summed E-state index contributed by atoms with van der Waals surface area (Å²) in [6.45, 7) is 6.07. The standard InChI is InChI=1S/C11H13FN2S/c1-7(2)14-4-8(3)11(13-14)9-5-15-6-10(9)12/h4-7H,1-3H3. The second-order valence-corrected chi connectivity index (χ2v) is 4.61. The van der Waals surface area contributed by atoms with Crippen LogP contribution in [0.2, 0.25) is 0 Å². The fraction of sp³-hybridized carbons (Fsp3) is 0.364. The van der Waals surface area contributed by atoms with Crippen LogP contribution in [0.3, 0.4) is 0 Å². The Balaban J connectivity index is 2.50. The van der Waals surface area contributed by atoms with Crippen LogP contribution in [0.5, 0.6) is 0 Å². The van der Waals surface area contributed by atoms with E-state index >= 15 is 0 Å². The second-order valence-electron chi connectivity index (χ2n) is 3.87. The SMILES string of the molecule is Cc1cn(C(C)C)nc1-c1cscc1F. The predicted molar refractivity (Wildman–Crippen MR) is 60.6 cm³/mol. The van der Waals surface area contributed by atoms with Crippen LogP contribution in [0, 0.1) is 12.7 Å². The minimum absolute atomic E-state index is 0.183. The summed E-state index contributed by atoms with van der Waals surface area (Å²) in [6, 6.07) is 0.305. The van der Waals surface area contributed by atoms with Crippen molar-refractivity contribution in [3.8, 4) is 11.3 Å². The van der Waals surface area contributed by atoms with Crippen LogP contribution < -0.4 is 0 Å². The molecule has 0 bridgehead atoms. The summed E-state index contributed by atoms with van der Waals surface area (Å²) in [5, 5.41) is 7.70. The number of rotatable bonds is 2. The zero-order valence-corrected chi connectivity index (χ0v) is 9.81. The molecular weight excluding hydrogens is 211 g/mol. The molecule has 0 N–H and O–H groups in total. The van der Waals surface area contributed by atoms with Gasteiger partial charge >= 0.3 is 0 Å². The first-order valence-electron chi connectivity index (χ1n) is 4.87. The minimum Gasteiger partial charge on any atom is -0.269 e. The minimum atomic E-state index is -0.183. The molecule has 15 heavy (non-hydrogen) atoms. The summed E-state index contributed by atoms with van der Waals surface area (Å²) in [6.07, 6.45) is 1.96. The number of halogens is 1. The highest BCUT2D eigenvalue weighted by Crippen LogP contribution is 2.27. The average Bonchev–Trinajstić information content (AvgIpc) is 2.71. The van der Waals surface area contributed by atoms with Crippen molar-refractivity contribution >= 4 is 11.3 Å². The van der Waals surface area contributed by atoms with Crippen molar-refractivity contribution in [2.45, 2.75) is 26.8 Å². The molecule has 0 unspecified atom stereocenters. The van der Waals surface area contributed by atoms with E-state index in [0.29, 0.717) is 11.6 Å². The second kappa shape index (κ2) is 3.77. The van der Waals surface area contributed by atoms with Gasteiger partial charge in [0.25, 0.3) is 0 Å². The monoisotopic (exact) mass is 224 g/mol. The first kappa shape index (κ1) is 10.4. The van der Waals surface area contributed by atoms with Gasteiger partial charge in [-0.15, -0.1) is 11.3 Å². The first-order valence-corrected chi connectivity index (χ1v) is 5.81. The van der Waals surface area contributed by atoms with Crippen molar-refractivity contribution in [1.82, 2.24) is 9.78 Å². The molecule has 0 radical (unpaired) electrons. The van der Waals surface area contributed by atoms with E-state index in [9.17, 15) is 4.39 Å². The quantitative estimate of drug-likeness (QED) is 0.761. The number of nitrogens with zero attached hydrogens (tertiary/aromatic N) is 2. The van der Waals surface area contributed by atoms with Crippen LogP contribution in [0.25, 0.3) is 11.3 Å². The van der Waals surface area contributed by atoms with E-state index in [1.807, 2.05) is 17.8 Å². The molecule has 80 valence electrons. The maximum Gasteiger partial charge on any atom is 0.143 e. The largest absolute Gasteiger partial charge is 0.269 e. The number of hydrogen-bond donors (Lipinski definition) is 0. The summed E-state index contributed by atoms with van der Waals surface area (Å²) < 4.78 is 15.2. The maximum absolute atomic E-state index is 13.4. The van der Waals surface area contributed by atoms with E-state index in [2.05, 4.69) is 18.9 Å². The lowest BCUT2D eigenvalue weighted by molar-refractivity contribution is 0.533. The van der Waals surface area contributed by atoms with Gasteiger partial charge in [-0.25, -0.2) is 4.39 Å². The molecule has 0 aliphatic heterocycles. The van der Waals surface area contributed by atoms with Gasteiger partial charge < -0.3 is 0 Å². The number of aryl methyl sites for hydroxylation is 1. The Hall–Kier alpha value is -1.16. The van der Waals surface area contributed by atoms with Gasteiger partial charge in [0.05, 0.1) is 5.69 Å². The van der Waals surface area contributed by atoms with Gasteiger partial charge in [0, 0.05) is 28.6 Å². The lowest BCUT2D eigenvalue weighted by Crippen LogP contribution is -2.00. The third-order valence-corrected chi connectivity index (χ3v) is 3.03. The molecule has 0 aliphatic rings. The van der Waals surface area contributed by atoms with Crippen LogP contribution in [0.15, 0.2) is 17.0 Å². The van der Waals surface area contributed by atoms with E-state index in [0.717, 1.165) is 11.3 Å². The van der Waals surface area contributed by atoms with Gasteiger partial charge in [-0.2, -0.15) is 5.10 Å². The van der Waals surface area contributed by atoms with E-state index < -0.39 is 0 Å². The molecule has 2 rings (SSSR count). The Morgan fingerprint density at radius 3 is 2.60 bits per heavy atom. The smallest absolute Gasteiger partial charge is 0.143 e. The highest BCUT2D eigenvalue weighted by Gasteiger charge is 2.13. The molecule has 2 aromatic rings. The third kappa shape index (κ3) is 1.81.